The predicted octanol–water partition coefficient (Wildman–Crippen LogP) is 4.77. The number of quaternary nitrogens is 1. The smallest absolute Gasteiger partial charge is 0.306 e. The highest BCUT2D eigenvalue weighted by Gasteiger charge is 2.35. The Bertz CT molecular complexity index is 374. The van der Waals surface area contributed by atoms with Gasteiger partial charge in [0.2, 0.25) is 0 Å². The van der Waals surface area contributed by atoms with Gasteiger partial charge in [0.1, 0.15) is 12.1 Å². The summed E-state index contributed by atoms with van der Waals surface area (Å²) in [7, 11) is 5.97. The van der Waals surface area contributed by atoms with Gasteiger partial charge in [0.15, 0.2) is 0 Å². The molecule has 0 heterocycles. The quantitative estimate of drug-likeness (QED) is 0.238. The van der Waals surface area contributed by atoms with Crippen LogP contribution in [0.3, 0.4) is 0 Å². The van der Waals surface area contributed by atoms with E-state index in [9.17, 15) is 9.90 Å². The molecule has 0 aliphatic rings. The summed E-state index contributed by atoms with van der Waals surface area (Å²) in [6.45, 7) is 2.70. The van der Waals surface area contributed by atoms with E-state index in [0.717, 1.165) is 12.8 Å². The van der Waals surface area contributed by atoms with E-state index in [1.807, 2.05) is 21.1 Å². The number of allylic oxidation sites excluding steroid dienone is 2. The van der Waals surface area contributed by atoms with Gasteiger partial charge in [-0.05, 0) is 25.7 Å². The lowest BCUT2D eigenvalue weighted by atomic mass is 9.91. The lowest BCUT2D eigenvalue weighted by Crippen LogP contribution is -2.50. The molecule has 0 aromatic rings. The van der Waals surface area contributed by atoms with Crippen molar-refractivity contribution < 1.29 is 19.5 Å². The second-order valence-corrected chi connectivity index (χ2v) is 8.52. The summed E-state index contributed by atoms with van der Waals surface area (Å²) in [5.41, 5.74) is -1.09. The van der Waals surface area contributed by atoms with Crippen molar-refractivity contribution in [1.82, 2.24) is 0 Å². The van der Waals surface area contributed by atoms with Crippen molar-refractivity contribution in [1.29, 1.82) is 0 Å². The Morgan fingerprint density at radius 1 is 0.920 bits per heavy atom. The van der Waals surface area contributed by atoms with E-state index in [2.05, 4.69) is 19.1 Å². The zero-order valence-corrected chi connectivity index (χ0v) is 17.1. The van der Waals surface area contributed by atoms with E-state index < -0.39 is 11.6 Å². The highest BCUT2D eigenvalue weighted by Crippen LogP contribution is 2.23. The number of carboxylic acids is 1. The Labute approximate surface area is 155 Å². The van der Waals surface area contributed by atoms with Crippen molar-refractivity contribution in [3.8, 4) is 0 Å². The second kappa shape index (κ2) is 13.3. The summed E-state index contributed by atoms with van der Waals surface area (Å²) < 4.78 is 0.579. The van der Waals surface area contributed by atoms with Crippen LogP contribution in [0.5, 0.6) is 0 Å². The molecule has 2 N–H and O–H groups in total. The molecule has 0 fully saturated rings. The first-order valence-corrected chi connectivity index (χ1v) is 10.1. The number of nitrogens with zero attached hydrogens (tertiary/aromatic N) is 1. The number of likely N-dealkylation sites (N-methyl/N-ethyl adjacent to an activating group) is 1. The van der Waals surface area contributed by atoms with E-state index in [1.165, 1.54) is 51.4 Å². The number of hydrogen-bond donors (Lipinski definition) is 2. The van der Waals surface area contributed by atoms with Crippen molar-refractivity contribution in [2.24, 2.45) is 0 Å². The zero-order chi connectivity index (χ0) is 19.2. The molecule has 4 nitrogen and oxygen atoms in total. The molecule has 1 unspecified atom stereocenters. The molecule has 0 amide bonds. The molecule has 0 saturated carbocycles. The average molecular weight is 357 g/mol. The van der Waals surface area contributed by atoms with Gasteiger partial charge in [0, 0.05) is 0 Å². The lowest BCUT2D eigenvalue weighted by molar-refractivity contribution is -0.877. The number of hydrogen-bond acceptors (Lipinski definition) is 2. The summed E-state index contributed by atoms with van der Waals surface area (Å²) in [6, 6.07) is 0. The highest BCUT2D eigenvalue weighted by molar-refractivity contribution is 5.68. The molecular formula is C21H42NO3+. The highest BCUT2D eigenvalue weighted by atomic mass is 16.4. The summed E-state index contributed by atoms with van der Waals surface area (Å²) in [6.07, 6.45) is 16.9. The zero-order valence-electron chi connectivity index (χ0n) is 17.1. The van der Waals surface area contributed by atoms with Crippen LogP contribution in [-0.4, -0.2) is 54.0 Å². The van der Waals surface area contributed by atoms with E-state index in [1.54, 1.807) is 0 Å². The average Bonchev–Trinajstić information content (AvgIpc) is 2.45. The lowest BCUT2D eigenvalue weighted by Gasteiger charge is -2.34. The molecule has 0 spiro atoms. The molecule has 0 aromatic carbocycles. The SMILES string of the molecule is CCCC/C=C\CCCCCCCCC(O)(CC(=O)O)C[N+](C)(C)C. The molecule has 25 heavy (non-hydrogen) atoms. The van der Waals surface area contributed by atoms with Gasteiger partial charge in [0.05, 0.1) is 27.6 Å². The molecule has 0 rings (SSSR count). The Hall–Kier alpha value is -0.870. The normalized spacial score (nSPS) is 14.8. The Morgan fingerprint density at radius 3 is 1.96 bits per heavy atom. The first kappa shape index (κ1) is 24.1. The predicted molar refractivity (Wildman–Crippen MR) is 106 cm³/mol. The number of carboxylic acid groups (broad SMARTS) is 1. The summed E-state index contributed by atoms with van der Waals surface area (Å²) in [5, 5.41) is 19.7. The number of rotatable bonds is 16. The molecule has 1 atom stereocenters. The van der Waals surface area contributed by atoms with Gasteiger partial charge >= 0.3 is 5.97 Å². The molecular weight excluding hydrogens is 314 g/mol. The Kier molecular flexibility index (Phi) is 12.9. The van der Waals surface area contributed by atoms with Gasteiger partial charge in [-0.15, -0.1) is 0 Å². The Morgan fingerprint density at radius 2 is 1.44 bits per heavy atom. The maximum absolute atomic E-state index is 11.0. The third-order valence-electron chi connectivity index (χ3n) is 4.40. The van der Waals surface area contributed by atoms with Crippen LogP contribution in [0.15, 0.2) is 12.2 Å². The monoisotopic (exact) mass is 356 g/mol. The fourth-order valence-corrected chi connectivity index (χ4v) is 3.37. The molecule has 0 saturated heterocycles. The number of carbonyl (C=O) groups is 1. The van der Waals surface area contributed by atoms with E-state index in [-0.39, 0.29) is 6.42 Å². The first-order valence-electron chi connectivity index (χ1n) is 10.1. The summed E-state index contributed by atoms with van der Waals surface area (Å²) in [5.74, 6) is -0.914. The topological polar surface area (TPSA) is 57.5 Å². The van der Waals surface area contributed by atoms with Crippen LogP contribution in [0.2, 0.25) is 0 Å². The summed E-state index contributed by atoms with van der Waals surface area (Å²) >= 11 is 0. The van der Waals surface area contributed by atoms with E-state index >= 15 is 0 Å². The molecule has 0 aliphatic carbocycles. The third kappa shape index (κ3) is 16.4. The van der Waals surface area contributed by atoms with Gasteiger partial charge in [-0.3, -0.25) is 4.79 Å². The molecule has 0 aromatic heterocycles. The van der Waals surface area contributed by atoms with E-state index in [4.69, 9.17) is 5.11 Å². The van der Waals surface area contributed by atoms with Crippen LogP contribution >= 0.6 is 0 Å². The second-order valence-electron chi connectivity index (χ2n) is 8.52. The number of aliphatic hydroxyl groups is 1. The van der Waals surface area contributed by atoms with Crippen molar-refractivity contribution in [2.75, 3.05) is 27.7 Å². The van der Waals surface area contributed by atoms with Crippen LogP contribution in [0, 0.1) is 0 Å². The molecule has 4 heteroatoms. The third-order valence-corrected chi connectivity index (χ3v) is 4.40. The minimum atomic E-state index is -1.09. The Balaban J connectivity index is 3.81. The van der Waals surface area contributed by atoms with Gasteiger partial charge in [-0.2, -0.15) is 0 Å². The fraction of sp³-hybridized carbons (Fsp3) is 0.857. The van der Waals surface area contributed by atoms with Crippen molar-refractivity contribution in [2.45, 2.75) is 89.6 Å². The van der Waals surface area contributed by atoms with Crippen LogP contribution in [0.1, 0.15) is 84.0 Å². The first-order chi connectivity index (χ1) is 11.7. The summed E-state index contributed by atoms with van der Waals surface area (Å²) in [4.78, 5) is 11.0. The maximum Gasteiger partial charge on any atom is 0.306 e. The fourth-order valence-electron chi connectivity index (χ4n) is 3.37. The van der Waals surface area contributed by atoms with Gasteiger partial charge < -0.3 is 14.7 Å². The van der Waals surface area contributed by atoms with Gasteiger partial charge in [0.25, 0.3) is 0 Å². The minimum absolute atomic E-state index is 0.160. The number of aliphatic carboxylic acids is 1. The molecule has 148 valence electrons. The molecule has 0 bridgehead atoms. The standard InChI is InChI=1S/C21H41NO3/c1-5-6-7-8-9-10-11-12-13-14-15-16-17-21(25,18-20(23)24)19-22(2,3)4/h8-9,25H,5-7,10-19H2,1-4H3/p+1/b9-8-. The van der Waals surface area contributed by atoms with Gasteiger partial charge in [-0.25, -0.2) is 0 Å². The molecule has 0 aliphatic heterocycles. The van der Waals surface area contributed by atoms with Crippen LogP contribution < -0.4 is 0 Å². The largest absolute Gasteiger partial charge is 0.481 e. The maximum atomic E-state index is 11.0. The number of unbranched alkanes of at least 4 members (excludes halogenated alkanes) is 8. The van der Waals surface area contributed by atoms with Crippen molar-refractivity contribution >= 4 is 5.97 Å². The van der Waals surface area contributed by atoms with Crippen LogP contribution in [0.4, 0.5) is 0 Å². The van der Waals surface area contributed by atoms with Gasteiger partial charge in [-0.1, -0.05) is 64.0 Å². The van der Waals surface area contributed by atoms with Crippen LogP contribution in [-0.2, 0) is 4.79 Å². The van der Waals surface area contributed by atoms with E-state index in [0.29, 0.717) is 17.4 Å². The minimum Gasteiger partial charge on any atom is -0.481 e. The van der Waals surface area contributed by atoms with Crippen molar-refractivity contribution in [3.63, 3.8) is 0 Å². The van der Waals surface area contributed by atoms with Crippen molar-refractivity contribution in [3.05, 3.63) is 12.2 Å². The molecule has 0 radical (unpaired) electrons. The van der Waals surface area contributed by atoms with Crippen LogP contribution in [0.25, 0.3) is 0 Å².